The summed E-state index contributed by atoms with van der Waals surface area (Å²) in [6.45, 7) is 3.63. The fourth-order valence-electron chi connectivity index (χ4n) is 2.78. The molecule has 0 aromatic heterocycles. The maximum atomic E-state index is 13.0. The predicted molar refractivity (Wildman–Crippen MR) is 92.3 cm³/mol. The molecule has 1 aliphatic rings. The smallest absolute Gasteiger partial charge is 0.258 e. The normalized spacial score (nSPS) is 14.0. The first-order valence-electron chi connectivity index (χ1n) is 7.64. The highest BCUT2D eigenvalue weighted by atomic mass is 35.5. The SMILES string of the molecule is Cc1cc(C(=O)N2CCCOc3cc(Cl)ccc32)ccc1CN. The van der Waals surface area contributed by atoms with Crippen molar-refractivity contribution in [2.75, 3.05) is 18.1 Å². The van der Waals surface area contributed by atoms with Crippen molar-refractivity contribution in [3.63, 3.8) is 0 Å². The number of nitrogens with two attached hydrogens (primary N) is 1. The van der Waals surface area contributed by atoms with Gasteiger partial charge in [-0.15, -0.1) is 0 Å². The first-order valence-corrected chi connectivity index (χ1v) is 8.02. The summed E-state index contributed by atoms with van der Waals surface area (Å²) >= 11 is 6.03. The van der Waals surface area contributed by atoms with Gasteiger partial charge in [-0.2, -0.15) is 0 Å². The first-order chi connectivity index (χ1) is 11.1. The van der Waals surface area contributed by atoms with Crippen LogP contribution in [0.4, 0.5) is 5.69 Å². The van der Waals surface area contributed by atoms with Gasteiger partial charge in [0.1, 0.15) is 5.75 Å². The highest BCUT2D eigenvalue weighted by Crippen LogP contribution is 2.34. The van der Waals surface area contributed by atoms with Gasteiger partial charge in [-0.3, -0.25) is 4.79 Å². The van der Waals surface area contributed by atoms with Crippen LogP contribution < -0.4 is 15.4 Å². The summed E-state index contributed by atoms with van der Waals surface area (Å²) in [6.07, 6.45) is 0.776. The fourth-order valence-corrected chi connectivity index (χ4v) is 2.94. The molecule has 4 nitrogen and oxygen atoms in total. The van der Waals surface area contributed by atoms with Crippen molar-refractivity contribution < 1.29 is 9.53 Å². The van der Waals surface area contributed by atoms with E-state index in [-0.39, 0.29) is 5.91 Å². The quantitative estimate of drug-likeness (QED) is 0.916. The molecule has 23 heavy (non-hydrogen) atoms. The Hall–Kier alpha value is -2.04. The molecule has 1 aliphatic heterocycles. The number of benzene rings is 2. The maximum absolute atomic E-state index is 13.0. The van der Waals surface area contributed by atoms with E-state index < -0.39 is 0 Å². The second-order valence-electron chi connectivity index (χ2n) is 5.62. The van der Waals surface area contributed by atoms with Gasteiger partial charge in [-0.05, 0) is 48.7 Å². The third-order valence-electron chi connectivity index (χ3n) is 4.05. The Bertz CT molecular complexity index is 746. The van der Waals surface area contributed by atoms with Crippen LogP contribution in [-0.2, 0) is 6.54 Å². The number of carbonyl (C=O) groups is 1. The molecule has 1 heterocycles. The second kappa shape index (κ2) is 6.60. The van der Waals surface area contributed by atoms with Crippen LogP contribution >= 0.6 is 11.6 Å². The van der Waals surface area contributed by atoms with E-state index in [1.807, 2.05) is 31.2 Å². The van der Waals surface area contributed by atoms with E-state index in [0.717, 1.165) is 23.2 Å². The number of ether oxygens (including phenoxy) is 1. The summed E-state index contributed by atoms with van der Waals surface area (Å²) < 4.78 is 5.71. The van der Waals surface area contributed by atoms with Gasteiger partial charge in [0, 0.05) is 29.7 Å². The van der Waals surface area contributed by atoms with E-state index >= 15 is 0 Å². The van der Waals surface area contributed by atoms with Crippen molar-refractivity contribution in [3.8, 4) is 5.75 Å². The zero-order valence-electron chi connectivity index (χ0n) is 13.0. The average Bonchev–Trinajstić information content (AvgIpc) is 2.75. The van der Waals surface area contributed by atoms with Gasteiger partial charge >= 0.3 is 0 Å². The molecule has 5 heteroatoms. The summed E-state index contributed by atoms with van der Waals surface area (Å²) in [6, 6.07) is 11.0. The molecule has 2 aromatic rings. The number of fused-ring (bicyclic) bond motifs is 1. The molecule has 2 aromatic carbocycles. The lowest BCUT2D eigenvalue weighted by Crippen LogP contribution is -2.31. The Morgan fingerprint density at radius 1 is 1.30 bits per heavy atom. The Labute approximate surface area is 140 Å². The predicted octanol–water partition coefficient (Wildman–Crippen LogP) is 3.54. The number of carbonyl (C=O) groups excluding carboxylic acids is 1. The number of rotatable bonds is 2. The number of halogens is 1. The van der Waals surface area contributed by atoms with Gasteiger partial charge in [0.05, 0.1) is 12.3 Å². The van der Waals surface area contributed by atoms with Crippen molar-refractivity contribution in [1.82, 2.24) is 0 Å². The zero-order chi connectivity index (χ0) is 16.4. The third-order valence-corrected chi connectivity index (χ3v) is 4.29. The molecule has 1 amide bonds. The van der Waals surface area contributed by atoms with Gasteiger partial charge < -0.3 is 15.4 Å². The monoisotopic (exact) mass is 330 g/mol. The highest BCUT2D eigenvalue weighted by molar-refractivity contribution is 6.30. The van der Waals surface area contributed by atoms with Crippen molar-refractivity contribution in [1.29, 1.82) is 0 Å². The summed E-state index contributed by atoms with van der Waals surface area (Å²) in [4.78, 5) is 14.7. The molecule has 0 fully saturated rings. The van der Waals surface area contributed by atoms with Crippen LogP contribution in [0, 0.1) is 6.92 Å². The van der Waals surface area contributed by atoms with Gasteiger partial charge in [0.15, 0.2) is 0 Å². The van der Waals surface area contributed by atoms with Crippen LogP contribution in [0.2, 0.25) is 5.02 Å². The molecule has 120 valence electrons. The maximum Gasteiger partial charge on any atom is 0.258 e. The average molecular weight is 331 g/mol. The Kier molecular flexibility index (Phi) is 4.55. The van der Waals surface area contributed by atoms with E-state index in [4.69, 9.17) is 22.1 Å². The van der Waals surface area contributed by atoms with E-state index in [1.165, 1.54) is 0 Å². The van der Waals surface area contributed by atoms with E-state index in [1.54, 1.807) is 17.0 Å². The summed E-state index contributed by atoms with van der Waals surface area (Å²) in [7, 11) is 0. The molecular formula is C18H19ClN2O2. The Morgan fingerprint density at radius 2 is 2.13 bits per heavy atom. The van der Waals surface area contributed by atoms with Crippen molar-refractivity contribution in [2.24, 2.45) is 5.73 Å². The third kappa shape index (κ3) is 3.19. The molecule has 2 N–H and O–H groups in total. The van der Waals surface area contributed by atoms with Crippen LogP contribution in [-0.4, -0.2) is 19.1 Å². The van der Waals surface area contributed by atoms with Crippen LogP contribution in [0.15, 0.2) is 36.4 Å². The van der Waals surface area contributed by atoms with Crippen LogP contribution in [0.3, 0.4) is 0 Å². The molecule has 0 saturated heterocycles. The molecule has 0 aliphatic carbocycles. The second-order valence-corrected chi connectivity index (χ2v) is 6.05. The van der Waals surface area contributed by atoms with Crippen molar-refractivity contribution in [3.05, 3.63) is 58.1 Å². The van der Waals surface area contributed by atoms with Gasteiger partial charge in [0.2, 0.25) is 0 Å². The minimum absolute atomic E-state index is 0.0363. The number of anilines is 1. The van der Waals surface area contributed by atoms with Crippen molar-refractivity contribution >= 4 is 23.2 Å². The lowest BCUT2D eigenvalue weighted by atomic mass is 10.0. The molecule has 0 spiro atoms. The largest absolute Gasteiger partial charge is 0.491 e. The molecule has 0 atom stereocenters. The topological polar surface area (TPSA) is 55.6 Å². The summed E-state index contributed by atoms with van der Waals surface area (Å²) in [5, 5.41) is 0.598. The van der Waals surface area contributed by atoms with Crippen molar-refractivity contribution in [2.45, 2.75) is 19.9 Å². The zero-order valence-corrected chi connectivity index (χ0v) is 13.8. The number of amides is 1. The van der Waals surface area contributed by atoms with E-state index in [2.05, 4.69) is 0 Å². The van der Waals surface area contributed by atoms with Crippen LogP contribution in [0.5, 0.6) is 5.75 Å². The molecule has 0 radical (unpaired) electrons. The molecule has 0 bridgehead atoms. The lowest BCUT2D eigenvalue weighted by Gasteiger charge is -2.22. The van der Waals surface area contributed by atoms with Crippen LogP contribution in [0.1, 0.15) is 27.9 Å². The molecule has 0 saturated carbocycles. The number of hydrogen-bond acceptors (Lipinski definition) is 3. The van der Waals surface area contributed by atoms with Gasteiger partial charge in [0.25, 0.3) is 5.91 Å². The standard InChI is InChI=1S/C18H19ClN2O2/c1-12-9-13(3-4-14(12)11-20)18(22)21-7-2-8-23-17-10-15(19)5-6-16(17)21/h3-6,9-10H,2,7-8,11,20H2,1H3. The highest BCUT2D eigenvalue weighted by Gasteiger charge is 2.23. The first kappa shape index (κ1) is 15.8. The van der Waals surface area contributed by atoms with E-state index in [0.29, 0.717) is 36.0 Å². The Morgan fingerprint density at radius 3 is 2.87 bits per heavy atom. The number of hydrogen-bond donors (Lipinski definition) is 1. The van der Waals surface area contributed by atoms with E-state index in [9.17, 15) is 4.79 Å². The lowest BCUT2D eigenvalue weighted by molar-refractivity contribution is 0.0987. The molecule has 0 unspecified atom stereocenters. The minimum Gasteiger partial charge on any atom is -0.491 e. The van der Waals surface area contributed by atoms with Crippen LogP contribution in [0.25, 0.3) is 0 Å². The summed E-state index contributed by atoms with van der Waals surface area (Å²) in [5.74, 6) is 0.615. The number of nitrogens with zero attached hydrogens (tertiary/aromatic N) is 1. The fraction of sp³-hybridized carbons (Fsp3) is 0.278. The number of aryl methyl sites for hydroxylation is 1. The van der Waals surface area contributed by atoms with Gasteiger partial charge in [-0.25, -0.2) is 0 Å². The summed E-state index contributed by atoms with van der Waals surface area (Å²) in [5.41, 5.74) is 9.19. The van der Waals surface area contributed by atoms with Gasteiger partial charge in [-0.1, -0.05) is 17.7 Å². The molecule has 3 rings (SSSR count). The molecular weight excluding hydrogens is 312 g/mol. The minimum atomic E-state index is -0.0363. The Balaban J connectivity index is 1.98.